The molecule has 0 spiro atoms. The van der Waals surface area contributed by atoms with Crippen LogP contribution in [0.5, 0.6) is 11.5 Å². The SMILES string of the molecule is COc1ccccc1Cc1noc(-c2sccc2O)n1. The monoisotopic (exact) mass is 288 g/mol. The Labute approximate surface area is 119 Å². The lowest BCUT2D eigenvalue weighted by Crippen LogP contribution is -1.95. The van der Waals surface area contributed by atoms with Gasteiger partial charge in [0.1, 0.15) is 16.4 Å². The normalized spacial score (nSPS) is 10.7. The Morgan fingerprint density at radius 3 is 2.90 bits per heavy atom. The third-order valence-electron chi connectivity index (χ3n) is 2.85. The van der Waals surface area contributed by atoms with Gasteiger partial charge in [-0.2, -0.15) is 4.98 Å². The molecular weight excluding hydrogens is 276 g/mol. The van der Waals surface area contributed by atoms with Crippen LogP contribution in [0.2, 0.25) is 0 Å². The number of aromatic hydroxyl groups is 1. The number of hydrogen-bond acceptors (Lipinski definition) is 6. The van der Waals surface area contributed by atoms with Gasteiger partial charge < -0.3 is 14.4 Å². The van der Waals surface area contributed by atoms with Crippen LogP contribution >= 0.6 is 11.3 Å². The third-order valence-corrected chi connectivity index (χ3v) is 3.74. The molecular formula is C14H12N2O3S. The van der Waals surface area contributed by atoms with Crippen molar-refractivity contribution in [3.05, 3.63) is 47.1 Å². The molecule has 20 heavy (non-hydrogen) atoms. The fourth-order valence-electron chi connectivity index (χ4n) is 1.90. The van der Waals surface area contributed by atoms with Crippen molar-refractivity contribution in [3.8, 4) is 22.3 Å². The maximum Gasteiger partial charge on any atom is 0.271 e. The minimum absolute atomic E-state index is 0.155. The average molecular weight is 288 g/mol. The Morgan fingerprint density at radius 1 is 1.30 bits per heavy atom. The van der Waals surface area contributed by atoms with Gasteiger partial charge in [0.2, 0.25) is 0 Å². The highest BCUT2D eigenvalue weighted by molar-refractivity contribution is 7.13. The number of benzene rings is 1. The van der Waals surface area contributed by atoms with E-state index in [2.05, 4.69) is 10.1 Å². The number of rotatable bonds is 4. The van der Waals surface area contributed by atoms with Crippen molar-refractivity contribution in [1.29, 1.82) is 0 Å². The van der Waals surface area contributed by atoms with Crippen molar-refractivity contribution in [3.63, 3.8) is 0 Å². The van der Waals surface area contributed by atoms with E-state index < -0.39 is 0 Å². The number of methoxy groups -OCH3 is 1. The van der Waals surface area contributed by atoms with E-state index in [1.54, 1.807) is 18.6 Å². The van der Waals surface area contributed by atoms with Gasteiger partial charge in [-0.1, -0.05) is 23.4 Å². The van der Waals surface area contributed by atoms with E-state index >= 15 is 0 Å². The Bertz CT molecular complexity index is 721. The summed E-state index contributed by atoms with van der Waals surface area (Å²) in [6, 6.07) is 9.29. The van der Waals surface area contributed by atoms with Crippen LogP contribution in [0, 0.1) is 0 Å². The van der Waals surface area contributed by atoms with Gasteiger partial charge in [0.15, 0.2) is 5.82 Å². The molecule has 0 saturated heterocycles. The molecule has 0 bridgehead atoms. The topological polar surface area (TPSA) is 68.4 Å². The first kappa shape index (κ1) is 12.7. The van der Waals surface area contributed by atoms with E-state index in [9.17, 15) is 5.11 Å². The zero-order valence-electron chi connectivity index (χ0n) is 10.7. The maximum atomic E-state index is 9.65. The first-order valence-electron chi connectivity index (χ1n) is 5.99. The van der Waals surface area contributed by atoms with Crippen LogP contribution in [0.4, 0.5) is 0 Å². The first-order chi connectivity index (χ1) is 9.78. The van der Waals surface area contributed by atoms with Gasteiger partial charge in [0, 0.05) is 12.0 Å². The number of hydrogen-bond donors (Lipinski definition) is 1. The molecule has 0 unspecified atom stereocenters. The lowest BCUT2D eigenvalue weighted by molar-refractivity contribution is 0.407. The van der Waals surface area contributed by atoms with Crippen molar-refractivity contribution >= 4 is 11.3 Å². The van der Waals surface area contributed by atoms with Gasteiger partial charge >= 0.3 is 0 Å². The molecule has 3 rings (SSSR count). The predicted octanol–water partition coefficient (Wildman–Crippen LogP) is 3.10. The standard InChI is InChI=1S/C14H12N2O3S/c1-18-11-5-3-2-4-9(11)8-12-15-14(19-16-12)13-10(17)6-7-20-13/h2-7,17H,8H2,1H3. The second kappa shape index (κ2) is 5.34. The van der Waals surface area contributed by atoms with E-state index in [0.29, 0.717) is 23.0 Å². The summed E-state index contributed by atoms with van der Waals surface area (Å²) < 4.78 is 10.5. The van der Waals surface area contributed by atoms with Crippen LogP contribution in [0.25, 0.3) is 10.8 Å². The van der Waals surface area contributed by atoms with E-state index in [0.717, 1.165) is 11.3 Å². The fraction of sp³-hybridized carbons (Fsp3) is 0.143. The predicted molar refractivity (Wildman–Crippen MR) is 75.1 cm³/mol. The third kappa shape index (κ3) is 2.37. The minimum Gasteiger partial charge on any atom is -0.506 e. The molecule has 0 aliphatic rings. The first-order valence-corrected chi connectivity index (χ1v) is 6.87. The molecule has 0 fully saturated rings. The Balaban J connectivity index is 1.86. The Kier molecular flexibility index (Phi) is 3.39. The van der Waals surface area contributed by atoms with Crippen molar-refractivity contribution in [2.75, 3.05) is 7.11 Å². The zero-order valence-corrected chi connectivity index (χ0v) is 11.6. The summed E-state index contributed by atoms with van der Waals surface area (Å²) in [5, 5.41) is 15.4. The maximum absolute atomic E-state index is 9.65. The molecule has 0 amide bonds. The highest BCUT2D eigenvalue weighted by Gasteiger charge is 2.15. The highest BCUT2D eigenvalue weighted by Crippen LogP contribution is 2.33. The van der Waals surface area contributed by atoms with Crippen molar-refractivity contribution < 1.29 is 14.4 Å². The Morgan fingerprint density at radius 2 is 2.15 bits per heavy atom. The van der Waals surface area contributed by atoms with Gasteiger partial charge in [-0.05, 0) is 17.5 Å². The van der Waals surface area contributed by atoms with Gasteiger partial charge in [-0.25, -0.2) is 0 Å². The average Bonchev–Trinajstić information content (AvgIpc) is 3.08. The molecule has 6 heteroatoms. The second-order valence-electron chi connectivity index (χ2n) is 4.14. The second-order valence-corrected chi connectivity index (χ2v) is 5.06. The van der Waals surface area contributed by atoms with Crippen LogP contribution in [0.3, 0.4) is 0 Å². The molecule has 0 radical (unpaired) electrons. The number of nitrogens with zero attached hydrogens (tertiary/aromatic N) is 2. The smallest absolute Gasteiger partial charge is 0.271 e. The summed E-state index contributed by atoms with van der Waals surface area (Å²) >= 11 is 1.36. The number of para-hydroxylation sites is 1. The molecule has 1 aromatic carbocycles. The van der Waals surface area contributed by atoms with Crippen LogP contribution < -0.4 is 4.74 Å². The summed E-state index contributed by atoms with van der Waals surface area (Å²) in [6.45, 7) is 0. The van der Waals surface area contributed by atoms with Gasteiger partial charge in [-0.3, -0.25) is 0 Å². The van der Waals surface area contributed by atoms with Crippen LogP contribution in [-0.2, 0) is 6.42 Å². The molecule has 0 aliphatic heterocycles. The fourth-order valence-corrected chi connectivity index (χ4v) is 2.61. The van der Waals surface area contributed by atoms with E-state index in [1.165, 1.54) is 11.3 Å². The van der Waals surface area contributed by atoms with Crippen LogP contribution in [-0.4, -0.2) is 22.4 Å². The zero-order chi connectivity index (χ0) is 13.9. The quantitative estimate of drug-likeness (QED) is 0.799. The van der Waals surface area contributed by atoms with Gasteiger partial charge in [-0.15, -0.1) is 11.3 Å². The summed E-state index contributed by atoms with van der Waals surface area (Å²) in [6.07, 6.45) is 0.514. The molecule has 1 N–H and O–H groups in total. The highest BCUT2D eigenvalue weighted by atomic mass is 32.1. The molecule has 0 saturated carbocycles. The molecule has 5 nitrogen and oxygen atoms in total. The van der Waals surface area contributed by atoms with E-state index in [4.69, 9.17) is 9.26 Å². The van der Waals surface area contributed by atoms with Crippen LogP contribution in [0.1, 0.15) is 11.4 Å². The van der Waals surface area contributed by atoms with Crippen molar-refractivity contribution in [2.24, 2.45) is 0 Å². The number of ether oxygens (including phenoxy) is 1. The van der Waals surface area contributed by atoms with Gasteiger partial charge in [0.05, 0.1) is 7.11 Å². The summed E-state index contributed by atoms with van der Waals surface area (Å²) in [4.78, 5) is 4.89. The summed E-state index contributed by atoms with van der Waals surface area (Å²) in [7, 11) is 1.63. The molecule has 0 atom stereocenters. The molecule has 102 valence electrons. The molecule has 3 aromatic rings. The molecule has 2 heterocycles. The van der Waals surface area contributed by atoms with Crippen molar-refractivity contribution in [1.82, 2.24) is 10.1 Å². The lowest BCUT2D eigenvalue weighted by atomic mass is 10.1. The number of aromatic nitrogens is 2. The molecule has 2 aromatic heterocycles. The lowest BCUT2D eigenvalue weighted by Gasteiger charge is -2.04. The van der Waals surface area contributed by atoms with E-state index in [-0.39, 0.29) is 5.75 Å². The molecule has 0 aliphatic carbocycles. The Hall–Kier alpha value is -2.34. The summed E-state index contributed by atoms with van der Waals surface area (Å²) in [5.41, 5.74) is 0.984. The van der Waals surface area contributed by atoms with E-state index in [1.807, 2.05) is 24.3 Å². The summed E-state index contributed by atoms with van der Waals surface area (Å²) in [5.74, 6) is 1.83. The van der Waals surface area contributed by atoms with Crippen LogP contribution in [0.15, 0.2) is 40.2 Å². The van der Waals surface area contributed by atoms with Crippen molar-refractivity contribution in [2.45, 2.75) is 6.42 Å². The number of thiophene rings is 1. The minimum atomic E-state index is 0.155. The van der Waals surface area contributed by atoms with Gasteiger partial charge in [0.25, 0.3) is 5.89 Å². The largest absolute Gasteiger partial charge is 0.506 e.